The highest BCUT2D eigenvalue weighted by molar-refractivity contribution is 6.30. The molecule has 4 atom stereocenters. The van der Waals surface area contributed by atoms with Gasteiger partial charge in [0, 0.05) is 45.2 Å². The summed E-state index contributed by atoms with van der Waals surface area (Å²) in [6, 6.07) is 24.9. The number of carbonyl (C=O) groups excluding carboxylic acids is 3. The third kappa shape index (κ3) is 3.79. The van der Waals surface area contributed by atoms with Crippen LogP contribution in [0.2, 0.25) is 5.02 Å². The van der Waals surface area contributed by atoms with E-state index in [1.807, 2.05) is 54.3 Å². The van der Waals surface area contributed by atoms with Gasteiger partial charge in [0.2, 0.25) is 5.91 Å². The quantitative estimate of drug-likeness (QED) is 0.162. The van der Waals surface area contributed by atoms with Crippen LogP contribution in [0.4, 0.5) is 17.1 Å². The lowest BCUT2D eigenvalue weighted by atomic mass is 9.64. The number of hydrogen-bond donors (Lipinski definition) is 1. The fourth-order valence-corrected chi connectivity index (χ4v) is 7.25. The average Bonchev–Trinajstić information content (AvgIpc) is 3.49. The number of carbonyl (C=O) groups is 3. The number of nitrogens with one attached hydrogen (secondary N) is 1. The van der Waals surface area contributed by atoms with Gasteiger partial charge < -0.3 is 10.2 Å². The summed E-state index contributed by atoms with van der Waals surface area (Å²) in [7, 11) is 0. The van der Waals surface area contributed by atoms with Crippen molar-refractivity contribution in [2.24, 2.45) is 5.92 Å². The molecule has 1 N–H and O–H groups in total. The van der Waals surface area contributed by atoms with Gasteiger partial charge in [0.1, 0.15) is 11.5 Å². The van der Waals surface area contributed by atoms with Crippen LogP contribution in [-0.2, 0) is 10.2 Å². The molecule has 3 heterocycles. The molecule has 0 bridgehead atoms. The minimum Gasteiger partial charge on any atom is -0.352 e. The van der Waals surface area contributed by atoms with E-state index in [0.29, 0.717) is 21.8 Å². The van der Waals surface area contributed by atoms with Gasteiger partial charge in [-0.05, 0) is 54.5 Å². The lowest BCUT2D eigenvalue weighted by molar-refractivity contribution is -0.384. The molecule has 0 radical (unpaired) electrons. The molecular weight excluding hydrogens is 566 g/mol. The molecule has 0 unspecified atom stereocenters. The van der Waals surface area contributed by atoms with Crippen LogP contribution in [0, 0.1) is 16.0 Å². The number of ketones is 2. The summed E-state index contributed by atoms with van der Waals surface area (Å²) in [4.78, 5) is 57.0. The maximum absolute atomic E-state index is 14.9. The molecule has 4 aromatic rings. The van der Waals surface area contributed by atoms with E-state index in [0.717, 1.165) is 16.8 Å². The molecule has 212 valence electrons. The first-order valence-electron chi connectivity index (χ1n) is 13.8. The number of Topliss-reactive ketones (excluding diaryl/α,β-unsaturated/α-hetero) is 2. The fraction of sp³-hybridized carbons (Fsp3) is 0.147. The Balaban J connectivity index is 1.55. The number of halogens is 1. The average molecular weight is 590 g/mol. The van der Waals surface area contributed by atoms with Crippen molar-refractivity contribution in [2.75, 3.05) is 10.2 Å². The predicted octanol–water partition coefficient (Wildman–Crippen LogP) is 6.49. The van der Waals surface area contributed by atoms with Crippen molar-refractivity contribution in [3.8, 4) is 0 Å². The Bertz CT molecular complexity index is 1900. The van der Waals surface area contributed by atoms with Crippen molar-refractivity contribution in [2.45, 2.75) is 24.4 Å². The van der Waals surface area contributed by atoms with Crippen molar-refractivity contribution in [1.82, 2.24) is 0 Å². The molecule has 3 aliphatic heterocycles. The van der Waals surface area contributed by atoms with Gasteiger partial charge in [0.05, 0.1) is 16.9 Å². The maximum Gasteiger partial charge on any atom is 0.270 e. The predicted molar refractivity (Wildman–Crippen MR) is 164 cm³/mol. The lowest BCUT2D eigenvalue weighted by Crippen LogP contribution is -2.51. The molecule has 43 heavy (non-hydrogen) atoms. The van der Waals surface area contributed by atoms with Gasteiger partial charge in [-0.25, -0.2) is 0 Å². The molecule has 0 saturated carbocycles. The largest absolute Gasteiger partial charge is 0.352 e. The summed E-state index contributed by atoms with van der Waals surface area (Å²) in [5, 5.41) is 15.1. The Morgan fingerprint density at radius 2 is 1.63 bits per heavy atom. The molecular formula is C34H24ClN3O5. The zero-order chi connectivity index (χ0) is 30.0. The number of nitro groups is 1. The second-order valence-corrected chi connectivity index (χ2v) is 11.5. The van der Waals surface area contributed by atoms with E-state index in [1.54, 1.807) is 36.4 Å². The molecule has 0 aromatic heterocycles. The van der Waals surface area contributed by atoms with Crippen LogP contribution >= 0.6 is 11.6 Å². The molecule has 1 saturated heterocycles. The molecule has 3 aliphatic rings. The van der Waals surface area contributed by atoms with Gasteiger partial charge in [-0.15, -0.1) is 0 Å². The lowest BCUT2D eigenvalue weighted by Gasteiger charge is -2.39. The molecule has 8 nitrogen and oxygen atoms in total. The van der Waals surface area contributed by atoms with Crippen LogP contribution in [0.3, 0.4) is 0 Å². The highest BCUT2D eigenvalue weighted by Crippen LogP contribution is 2.58. The number of rotatable bonds is 5. The van der Waals surface area contributed by atoms with Crippen molar-refractivity contribution < 1.29 is 19.3 Å². The number of allylic oxidation sites excluding steroid dienone is 1. The second kappa shape index (κ2) is 9.74. The molecule has 1 spiro atoms. The number of nitrogens with zero attached hydrogens (tertiary/aromatic N) is 2. The zero-order valence-electron chi connectivity index (χ0n) is 22.9. The van der Waals surface area contributed by atoms with Crippen molar-refractivity contribution in [3.63, 3.8) is 0 Å². The summed E-state index contributed by atoms with van der Waals surface area (Å²) in [5.74, 6) is -2.52. The summed E-state index contributed by atoms with van der Waals surface area (Å²) >= 11 is 6.15. The molecule has 7 rings (SSSR count). The Labute approximate surface area is 251 Å². The maximum atomic E-state index is 14.9. The first kappa shape index (κ1) is 26.8. The topological polar surface area (TPSA) is 110 Å². The van der Waals surface area contributed by atoms with E-state index in [1.165, 1.54) is 24.3 Å². The van der Waals surface area contributed by atoms with Crippen LogP contribution < -0.4 is 10.2 Å². The Kier molecular flexibility index (Phi) is 6.07. The van der Waals surface area contributed by atoms with Crippen molar-refractivity contribution in [3.05, 3.63) is 141 Å². The zero-order valence-corrected chi connectivity index (χ0v) is 23.6. The minimum atomic E-state index is -1.51. The van der Waals surface area contributed by atoms with Gasteiger partial charge in [-0.1, -0.05) is 66.2 Å². The number of amides is 1. The molecule has 1 fully saturated rings. The van der Waals surface area contributed by atoms with E-state index in [9.17, 15) is 24.5 Å². The number of fused-ring (bicyclic) bond motifs is 6. The van der Waals surface area contributed by atoms with Crippen LogP contribution in [-0.4, -0.2) is 34.5 Å². The smallest absolute Gasteiger partial charge is 0.270 e. The highest BCUT2D eigenvalue weighted by Gasteiger charge is 2.70. The second-order valence-electron chi connectivity index (χ2n) is 11.1. The van der Waals surface area contributed by atoms with Gasteiger partial charge in [-0.2, -0.15) is 0 Å². The minimum absolute atomic E-state index is 0.0542. The summed E-state index contributed by atoms with van der Waals surface area (Å²) < 4.78 is 0. The third-order valence-electron chi connectivity index (χ3n) is 8.91. The third-order valence-corrected chi connectivity index (χ3v) is 9.16. The monoisotopic (exact) mass is 589 g/mol. The number of hydrogen-bond acceptors (Lipinski definition) is 6. The highest BCUT2D eigenvalue weighted by atomic mass is 35.5. The Morgan fingerprint density at radius 1 is 0.907 bits per heavy atom. The van der Waals surface area contributed by atoms with E-state index in [-0.39, 0.29) is 17.0 Å². The number of benzene rings is 4. The summed E-state index contributed by atoms with van der Waals surface area (Å²) in [6.07, 6.45) is 1.97. The van der Waals surface area contributed by atoms with E-state index in [2.05, 4.69) is 5.32 Å². The first-order valence-corrected chi connectivity index (χ1v) is 14.2. The van der Waals surface area contributed by atoms with Crippen LogP contribution in [0.5, 0.6) is 0 Å². The first-order chi connectivity index (χ1) is 20.7. The van der Waals surface area contributed by atoms with E-state index < -0.39 is 40.0 Å². The van der Waals surface area contributed by atoms with Crippen LogP contribution in [0.25, 0.3) is 5.57 Å². The fourth-order valence-electron chi connectivity index (χ4n) is 7.12. The van der Waals surface area contributed by atoms with Gasteiger partial charge in [0.15, 0.2) is 11.6 Å². The van der Waals surface area contributed by atoms with Crippen LogP contribution in [0.1, 0.15) is 38.8 Å². The SMILES string of the molecule is CC1=C[C@H]2N(c3ccccc31)[C@@H](C(=O)c1ccc(Cl)cc1)[C@@H](C(=O)c1cccc([N+](=O)[O-])c1)[C@]21C(=O)Nc2ccccc21. The van der Waals surface area contributed by atoms with Gasteiger partial charge in [-0.3, -0.25) is 24.5 Å². The standard InChI is InChI=1S/C34H24ClN3O5/c1-19-17-28-34(25-10-3-4-11-26(25)36-33(34)41)29(31(39)21-7-6-8-23(18-21)38(42)43)30(32(40)20-13-15-22(35)16-14-20)37(28)27-12-5-2-9-24(19)27/h2-18,28-30H,1H3,(H,36,41)/t28-,29+,30-,34-/m1/s1. The van der Waals surface area contributed by atoms with Crippen molar-refractivity contribution in [1.29, 1.82) is 0 Å². The van der Waals surface area contributed by atoms with Gasteiger partial charge >= 0.3 is 0 Å². The number of non-ortho nitro benzene ring substituents is 1. The van der Waals surface area contributed by atoms with Gasteiger partial charge in [0.25, 0.3) is 5.69 Å². The van der Waals surface area contributed by atoms with E-state index in [4.69, 9.17) is 11.6 Å². The van der Waals surface area contributed by atoms with Crippen molar-refractivity contribution >= 4 is 51.7 Å². The number of para-hydroxylation sites is 2. The normalized spacial score (nSPS) is 23.2. The number of anilines is 2. The summed E-state index contributed by atoms with van der Waals surface area (Å²) in [5.41, 5.74) is 2.31. The molecule has 0 aliphatic carbocycles. The molecule has 9 heteroatoms. The van der Waals surface area contributed by atoms with E-state index >= 15 is 0 Å². The summed E-state index contributed by atoms with van der Waals surface area (Å²) in [6.45, 7) is 1.95. The Morgan fingerprint density at radius 3 is 2.40 bits per heavy atom. The Hall–Kier alpha value is -5.08. The molecule has 1 amide bonds. The number of nitro benzene ring substituents is 1. The molecule has 4 aromatic carbocycles. The van der Waals surface area contributed by atoms with Crippen LogP contribution in [0.15, 0.2) is 103 Å².